The summed E-state index contributed by atoms with van der Waals surface area (Å²) in [4.78, 5) is 11.7. The molecule has 0 saturated carbocycles. The van der Waals surface area contributed by atoms with Gasteiger partial charge in [0.25, 0.3) is 0 Å². The van der Waals surface area contributed by atoms with Crippen LogP contribution < -0.4 is 0 Å². The second kappa shape index (κ2) is 18.1. The summed E-state index contributed by atoms with van der Waals surface area (Å²) in [5.41, 5.74) is 0. The van der Waals surface area contributed by atoms with E-state index in [0.29, 0.717) is 6.61 Å². The van der Waals surface area contributed by atoms with Crippen LogP contribution in [0.2, 0.25) is 0 Å². The van der Waals surface area contributed by atoms with E-state index in [1.54, 1.807) is 0 Å². The van der Waals surface area contributed by atoms with Crippen LogP contribution in [0.1, 0.15) is 97.3 Å². The van der Waals surface area contributed by atoms with E-state index in [1.165, 1.54) is 32.1 Å². The Morgan fingerprint density at radius 3 is 1.87 bits per heavy atom. The highest BCUT2D eigenvalue weighted by Crippen LogP contribution is 2.14. The fourth-order valence-corrected chi connectivity index (χ4v) is 2.93. The average molecular weight is 393 g/mol. The monoisotopic (exact) mass is 392 g/mol. The maximum atomic E-state index is 11.7. The van der Waals surface area contributed by atoms with E-state index in [4.69, 9.17) is 9.47 Å². The maximum Gasteiger partial charge on any atom is 0.508 e. The van der Waals surface area contributed by atoms with Crippen molar-refractivity contribution in [1.82, 2.24) is 0 Å². The van der Waals surface area contributed by atoms with E-state index in [1.807, 2.05) is 0 Å². The lowest BCUT2D eigenvalue weighted by molar-refractivity contribution is 0.0157. The van der Waals surface area contributed by atoms with Gasteiger partial charge in [0.15, 0.2) is 0 Å². The first-order valence-electron chi connectivity index (χ1n) is 9.63. The Morgan fingerprint density at radius 2 is 1.35 bits per heavy atom. The number of unbranched alkanes of at least 4 members (excludes halogenated alkanes) is 8. The smallest absolute Gasteiger partial charge is 0.434 e. The summed E-state index contributed by atoms with van der Waals surface area (Å²) >= 11 is 3.45. The van der Waals surface area contributed by atoms with E-state index < -0.39 is 6.16 Å². The number of rotatable bonds is 16. The molecule has 0 rings (SSSR count). The quantitative estimate of drug-likeness (QED) is 0.161. The largest absolute Gasteiger partial charge is 0.508 e. The Bertz CT molecular complexity index is 251. The van der Waals surface area contributed by atoms with Gasteiger partial charge in [-0.15, -0.1) is 0 Å². The molecule has 0 aromatic heterocycles. The van der Waals surface area contributed by atoms with Gasteiger partial charge in [0.2, 0.25) is 0 Å². The van der Waals surface area contributed by atoms with Crippen molar-refractivity contribution < 1.29 is 14.3 Å². The van der Waals surface area contributed by atoms with Crippen molar-refractivity contribution in [3.8, 4) is 0 Å². The summed E-state index contributed by atoms with van der Waals surface area (Å²) < 4.78 is 10.7. The molecule has 0 radical (unpaired) electrons. The van der Waals surface area contributed by atoms with E-state index in [2.05, 4.69) is 29.8 Å². The van der Waals surface area contributed by atoms with Crippen LogP contribution in [0.4, 0.5) is 4.79 Å². The number of ether oxygens (including phenoxy) is 2. The Hall–Kier alpha value is -0.250. The number of halogens is 1. The first-order chi connectivity index (χ1) is 11.2. The Kier molecular flexibility index (Phi) is 17.9. The third-order valence-corrected chi connectivity index (χ3v) is 4.58. The van der Waals surface area contributed by atoms with Crippen LogP contribution in [0.3, 0.4) is 0 Å². The molecule has 23 heavy (non-hydrogen) atoms. The van der Waals surface area contributed by atoms with Crippen LogP contribution in [-0.4, -0.2) is 24.2 Å². The minimum absolute atomic E-state index is 0.0387. The lowest BCUT2D eigenvalue weighted by Gasteiger charge is -2.17. The predicted octanol–water partition coefficient (Wildman–Crippen LogP) is 7.01. The normalized spacial score (nSPS) is 11.0. The molecule has 0 amide bonds. The van der Waals surface area contributed by atoms with E-state index >= 15 is 0 Å². The van der Waals surface area contributed by atoms with E-state index in [-0.39, 0.29) is 6.10 Å². The zero-order valence-electron chi connectivity index (χ0n) is 15.3. The minimum Gasteiger partial charge on any atom is -0.434 e. The lowest BCUT2D eigenvalue weighted by atomic mass is 10.1. The molecular formula is C19H37BrO3. The predicted molar refractivity (Wildman–Crippen MR) is 101 cm³/mol. The standard InChI is InChI=1S/C19H37BrO3/c1-3-5-14-18(15-6-4-2)23-19(21)22-17-13-11-9-7-8-10-12-16-20/h18H,3-17H2,1-2H3. The van der Waals surface area contributed by atoms with Crippen LogP contribution in [0, 0.1) is 0 Å². The fraction of sp³-hybridized carbons (Fsp3) is 0.947. The highest BCUT2D eigenvalue weighted by atomic mass is 79.9. The SMILES string of the molecule is CCCCC(CCCC)OC(=O)OCCCCCCCCCBr. The van der Waals surface area contributed by atoms with Crippen LogP contribution in [0.15, 0.2) is 0 Å². The van der Waals surface area contributed by atoms with Crippen molar-refractivity contribution in [2.24, 2.45) is 0 Å². The molecule has 0 aromatic rings. The van der Waals surface area contributed by atoms with Gasteiger partial charge in [-0.25, -0.2) is 4.79 Å². The number of hydrogen-bond acceptors (Lipinski definition) is 3. The van der Waals surface area contributed by atoms with Gasteiger partial charge in [0.1, 0.15) is 6.10 Å². The molecule has 0 spiro atoms. The van der Waals surface area contributed by atoms with Crippen molar-refractivity contribution in [3.05, 3.63) is 0 Å². The highest BCUT2D eigenvalue weighted by molar-refractivity contribution is 9.09. The van der Waals surface area contributed by atoms with Gasteiger partial charge in [-0.05, 0) is 25.7 Å². The first-order valence-corrected chi connectivity index (χ1v) is 10.8. The maximum absolute atomic E-state index is 11.7. The van der Waals surface area contributed by atoms with Crippen LogP contribution in [0.25, 0.3) is 0 Å². The van der Waals surface area contributed by atoms with E-state index in [9.17, 15) is 4.79 Å². The van der Waals surface area contributed by atoms with Gasteiger partial charge in [-0.1, -0.05) is 87.6 Å². The molecule has 0 heterocycles. The average Bonchev–Trinajstić information content (AvgIpc) is 2.55. The van der Waals surface area contributed by atoms with Crippen LogP contribution in [0.5, 0.6) is 0 Å². The minimum atomic E-state index is -0.473. The topological polar surface area (TPSA) is 35.5 Å². The zero-order chi connectivity index (χ0) is 17.2. The number of carbonyl (C=O) groups excluding carboxylic acids is 1. The molecule has 0 bridgehead atoms. The summed E-state index contributed by atoms with van der Waals surface area (Å²) in [6, 6.07) is 0. The zero-order valence-corrected chi connectivity index (χ0v) is 16.9. The molecule has 0 aromatic carbocycles. The molecule has 0 fully saturated rings. The lowest BCUT2D eigenvalue weighted by Crippen LogP contribution is -2.19. The molecule has 0 saturated heterocycles. The Labute approximate surface area is 152 Å². The summed E-state index contributed by atoms with van der Waals surface area (Å²) in [7, 11) is 0. The molecule has 0 atom stereocenters. The molecule has 0 aliphatic rings. The second-order valence-electron chi connectivity index (χ2n) is 6.29. The summed E-state index contributed by atoms with van der Waals surface area (Å²) in [5.74, 6) is 0. The summed E-state index contributed by atoms with van der Waals surface area (Å²) in [5, 5.41) is 1.11. The van der Waals surface area contributed by atoms with Crippen LogP contribution >= 0.6 is 15.9 Å². The first kappa shape index (κ1) is 22.8. The van der Waals surface area contributed by atoms with Gasteiger partial charge in [0.05, 0.1) is 6.61 Å². The molecule has 0 aliphatic heterocycles. The van der Waals surface area contributed by atoms with Crippen molar-refractivity contribution in [2.75, 3.05) is 11.9 Å². The summed E-state index contributed by atoms with van der Waals surface area (Å²) in [6.07, 6.45) is 14.5. The fourth-order valence-electron chi connectivity index (χ4n) is 2.53. The molecular weight excluding hydrogens is 356 g/mol. The third-order valence-electron chi connectivity index (χ3n) is 4.02. The third kappa shape index (κ3) is 16.4. The Balaban J connectivity index is 3.58. The van der Waals surface area contributed by atoms with Crippen molar-refractivity contribution >= 4 is 22.1 Å². The van der Waals surface area contributed by atoms with Crippen molar-refractivity contribution in [2.45, 2.75) is 103 Å². The molecule has 0 aliphatic carbocycles. The number of hydrogen-bond donors (Lipinski definition) is 0. The highest BCUT2D eigenvalue weighted by Gasteiger charge is 2.14. The number of alkyl halides is 1. The van der Waals surface area contributed by atoms with Gasteiger partial charge in [-0.3, -0.25) is 0 Å². The van der Waals surface area contributed by atoms with Gasteiger partial charge in [0, 0.05) is 5.33 Å². The van der Waals surface area contributed by atoms with Gasteiger partial charge >= 0.3 is 6.16 Å². The molecule has 0 N–H and O–H groups in total. The summed E-state index contributed by atoms with van der Waals surface area (Å²) in [6.45, 7) is 4.82. The molecule has 0 unspecified atom stereocenters. The molecule has 4 heteroatoms. The van der Waals surface area contributed by atoms with Gasteiger partial charge in [-0.2, -0.15) is 0 Å². The molecule has 3 nitrogen and oxygen atoms in total. The second-order valence-corrected chi connectivity index (χ2v) is 7.08. The number of carbonyl (C=O) groups is 1. The molecule has 138 valence electrons. The Morgan fingerprint density at radius 1 is 0.826 bits per heavy atom. The van der Waals surface area contributed by atoms with Crippen molar-refractivity contribution in [1.29, 1.82) is 0 Å². The van der Waals surface area contributed by atoms with E-state index in [0.717, 1.165) is 56.7 Å². The van der Waals surface area contributed by atoms with Gasteiger partial charge < -0.3 is 9.47 Å². The van der Waals surface area contributed by atoms with Crippen LogP contribution in [-0.2, 0) is 9.47 Å². The van der Waals surface area contributed by atoms with Crippen molar-refractivity contribution in [3.63, 3.8) is 0 Å².